The number of nitrogens with zero attached hydrogens (tertiary/aromatic N) is 1. The summed E-state index contributed by atoms with van der Waals surface area (Å²) in [5.41, 5.74) is 1.71. The molecule has 0 radical (unpaired) electrons. The molecule has 0 fully saturated rings. The Morgan fingerprint density at radius 3 is 2.58 bits per heavy atom. The number of carbonyl (C=O) groups excluding carboxylic acids is 2. The molecule has 1 atom stereocenters. The van der Waals surface area contributed by atoms with E-state index < -0.39 is 6.10 Å². The summed E-state index contributed by atoms with van der Waals surface area (Å²) in [5.74, 6) is 1.05. The van der Waals surface area contributed by atoms with Crippen LogP contribution in [0.3, 0.4) is 0 Å². The van der Waals surface area contributed by atoms with E-state index in [1.165, 1.54) is 0 Å². The van der Waals surface area contributed by atoms with Gasteiger partial charge in [0.1, 0.15) is 11.5 Å². The lowest BCUT2D eigenvalue weighted by molar-refractivity contribution is -0.129. The summed E-state index contributed by atoms with van der Waals surface area (Å²) in [6.45, 7) is 4.90. The van der Waals surface area contributed by atoms with E-state index in [9.17, 15) is 9.59 Å². The lowest BCUT2D eigenvalue weighted by atomic mass is 10.1. The largest absolute Gasteiger partial charge is 0.496 e. The molecule has 0 aromatic heterocycles. The normalized spacial score (nSPS) is 15.1. The van der Waals surface area contributed by atoms with E-state index in [0.717, 1.165) is 29.8 Å². The fourth-order valence-electron chi connectivity index (χ4n) is 3.65. The van der Waals surface area contributed by atoms with E-state index in [4.69, 9.17) is 9.47 Å². The molecule has 166 valence electrons. The second-order valence-corrected chi connectivity index (χ2v) is 7.57. The molecule has 0 spiro atoms. The summed E-state index contributed by atoms with van der Waals surface area (Å²) < 4.78 is 11.3. The Bertz CT molecular complexity index is 898. The van der Waals surface area contributed by atoms with Crippen LogP contribution in [-0.2, 0) is 16.1 Å². The van der Waals surface area contributed by atoms with Crippen LogP contribution in [-0.4, -0.2) is 44.2 Å². The lowest BCUT2D eigenvalue weighted by Crippen LogP contribution is -2.52. The van der Waals surface area contributed by atoms with Gasteiger partial charge in [0, 0.05) is 18.2 Å². The minimum absolute atomic E-state index is 0.117. The summed E-state index contributed by atoms with van der Waals surface area (Å²) in [6, 6.07) is 15.2. The summed E-state index contributed by atoms with van der Waals surface area (Å²) in [4.78, 5) is 27.4. The molecule has 2 N–H and O–H groups in total. The highest BCUT2D eigenvalue weighted by atomic mass is 16.5. The molecular weight excluding hydrogens is 394 g/mol. The number of nitrogens with one attached hydrogen (secondary N) is 2. The van der Waals surface area contributed by atoms with Gasteiger partial charge in [-0.15, -0.1) is 0 Å². The highest BCUT2D eigenvalue weighted by Gasteiger charge is 2.32. The fraction of sp³-hybridized carbons (Fsp3) is 0.417. The van der Waals surface area contributed by atoms with Gasteiger partial charge in [0.15, 0.2) is 6.10 Å². The Kier molecular flexibility index (Phi) is 7.76. The molecule has 31 heavy (non-hydrogen) atoms. The van der Waals surface area contributed by atoms with E-state index in [0.29, 0.717) is 18.8 Å². The Morgan fingerprint density at radius 2 is 1.84 bits per heavy atom. The summed E-state index contributed by atoms with van der Waals surface area (Å²) >= 11 is 0. The molecule has 0 bridgehead atoms. The maximum atomic E-state index is 12.8. The van der Waals surface area contributed by atoms with Gasteiger partial charge in [0.25, 0.3) is 5.91 Å². The Hall–Kier alpha value is -3.22. The second kappa shape index (κ2) is 10.7. The number of hydrogen-bond acceptors (Lipinski definition) is 5. The number of rotatable bonds is 9. The van der Waals surface area contributed by atoms with Gasteiger partial charge in [-0.3, -0.25) is 9.59 Å². The zero-order chi connectivity index (χ0) is 22.2. The molecule has 7 nitrogen and oxygen atoms in total. The molecular formula is C24H31N3O4. The van der Waals surface area contributed by atoms with Crippen molar-refractivity contribution in [2.75, 3.05) is 25.1 Å². The van der Waals surface area contributed by atoms with Crippen molar-refractivity contribution in [2.24, 2.45) is 0 Å². The molecule has 0 aliphatic carbocycles. The summed E-state index contributed by atoms with van der Waals surface area (Å²) in [5, 5.41) is 5.99. The number of hydrogen-bond donors (Lipinski definition) is 2. The molecule has 0 saturated carbocycles. The van der Waals surface area contributed by atoms with Crippen LogP contribution < -0.4 is 25.0 Å². The Morgan fingerprint density at radius 1 is 1.13 bits per heavy atom. The average Bonchev–Trinajstić information content (AvgIpc) is 2.81. The molecule has 7 heteroatoms. The Balaban J connectivity index is 1.67. The fourth-order valence-corrected chi connectivity index (χ4v) is 3.65. The van der Waals surface area contributed by atoms with Crippen molar-refractivity contribution < 1.29 is 19.1 Å². The zero-order valence-corrected chi connectivity index (χ0v) is 18.4. The first-order valence-electron chi connectivity index (χ1n) is 10.7. The first-order valence-corrected chi connectivity index (χ1v) is 10.7. The van der Waals surface area contributed by atoms with E-state index in [1.54, 1.807) is 7.11 Å². The van der Waals surface area contributed by atoms with Crippen LogP contribution in [0.5, 0.6) is 11.5 Å². The number of anilines is 1. The van der Waals surface area contributed by atoms with Gasteiger partial charge in [-0.1, -0.05) is 44.2 Å². The number of para-hydroxylation sites is 3. The smallest absolute Gasteiger partial charge is 0.263 e. The van der Waals surface area contributed by atoms with Crippen molar-refractivity contribution in [2.45, 2.75) is 45.4 Å². The minimum Gasteiger partial charge on any atom is -0.496 e. The van der Waals surface area contributed by atoms with Crippen LogP contribution >= 0.6 is 0 Å². The van der Waals surface area contributed by atoms with Gasteiger partial charge < -0.3 is 25.0 Å². The van der Waals surface area contributed by atoms with Crippen molar-refractivity contribution in [1.82, 2.24) is 10.6 Å². The molecule has 1 aliphatic rings. The van der Waals surface area contributed by atoms with Gasteiger partial charge in [-0.25, -0.2) is 0 Å². The van der Waals surface area contributed by atoms with Crippen LogP contribution in [0.2, 0.25) is 0 Å². The van der Waals surface area contributed by atoms with Crippen molar-refractivity contribution in [3.63, 3.8) is 0 Å². The van der Waals surface area contributed by atoms with Crippen LogP contribution in [0.1, 0.15) is 32.3 Å². The molecule has 1 unspecified atom stereocenters. The van der Waals surface area contributed by atoms with E-state index >= 15 is 0 Å². The number of benzene rings is 2. The average molecular weight is 426 g/mol. The zero-order valence-electron chi connectivity index (χ0n) is 18.4. The predicted octanol–water partition coefficient (Wildman–Crippen LogP) is 2.88. The van der Waals surface area contributed by atoms with E-state index in [-0.39, 0.29) is 24.4 Å². The van der Waals surface area contributed by atoms with Crippen molar-refractivity contribution in [3.8, 4) is 11.5 Å². The maximum Gasteiger partial charge on any atom is 0.263 e. The standard InChI is InChI=1S/C24H31N3O4/c1-4-18(5-2)26-24(29)22-15-27(19-11-7-9-13-21(19)31-22)16-23(28)25-14-17-10-6-8-12-20(17)30-3/h6-13,18,22H,4-5,14-16H2,1-3H3,(H,25,28)(H,26,29). The van der Waals surface area contributed by atoms with E-state index in [1.807, 2.05) is 67.3 Å². The van der Waals surface area contributed by atoms with Gasteiger partial charge >= 0.3 is 0 Å². The number of methoxy groups -OCH3 is 1. The maximum absolute atomic E-state index is 12.8. The second-order valence-electron chi connectivity index (χ2n) is 7.57. The third-order valence-corrected chi connectivity index (χ3v) is 5.49. The molecule has 0 saturated heterocycles. The van der Waals surface area contributed by atoms with Gasteiger partial charge in [0.2, 0.25) is 5.91 Å². The van der Waals surface area contributed by atoms with Crippen LogP contribution in [0, 0.1) is 0 Å². The van der Waals surface area contributed by atoms with Crippen LogP contribution in [0.4, 0.5) is 5.69 Å². The van der Waals surface area contributed by atoms with E-state index in [2.05, 4.69) is 10.6 Å². The first kappa shape index (κ1) is 22.5. The highest BCUT2D eigenvalue weighted by Crippen LogP contribution is 2.33. The Labute approximate surface area is 183 Å². The van der Waals surface area contributed by atoms with Crippen molar-refractivity contribution >= 4 is 17.5 Å². The number of ether oxygens (including phenoxy) is 2. The third kappa shape index (κ3) is 5.69. The minimum atomic E-state index is -0.669. The molecule has 2 amide bonds. The SMILES string of the molecule is CCC(CC)NC(=O)C1CN(CC(=O)NCc2ccccc2OC)c2ccccc2O1. The molecule has 1 aliphatic heterocycles. The van der Waals surface area contributed by atoms with Gasteiger partial charge in [0.05, 0.1) is 25.9 Å². The highest BCUT2D eigenvalue weighted by molar-refractivity contribution is 5.86. The molecule has 3 rings (SSSR count). The third-order valence-electron chi connectivity index (χ3n) is 5.49. The molecule has 2 aromatic rings. The molecule has 1 heterocycles. The van der Waals surface area contributed by atoms with Gasteiger partial charge in [-0.05, 0) is 31.0 Å². The first-order chi connectivity index (χ1) is 15.0. The monoisotopic (exact) mass is 425 g/mol. The number of fused-ring (bicyclic) bond motifs is 1. The van der Waals surface area contributed by atoms with Crippen molar-refractivity contribution in [1.29, 1.82) is 0 Å². The number of amides is 2. The topological polar surface area (TPSA) is 79.9 Å². The number of carbonyl (C=O) groups is 2. The summed E-state index contributed by atoms with van der Waals surface area (Å²) in [7, 11) is 1.61. The lowest BCUT2D eigenvalue weighted by Gasteiger charge is -2.35. The van der Waals surface area contributed by atoms with Crippen molar-refractivity contribution in [3.05, 3.63) is 54.1 Å². The van der Waals surface area contributed by atoms with Crippen LogP contribution in [0.25, 0.3) is 0 Å². The molecule has 2 aromatic carbocycles. The quantitative estimate of drug-likeness (QED) is 0.646. The summed E-state index contributed by atoms with van der Waals surface area (Å²) in [6.07, 6.45) is 1.05. The predicted molar refractivity (Wildman–Crippen MR) is 120 cm³/mol. The van der Waals surface area contributed by atoms with Gasteiger partial charge in [-0.2, -0.15) is 0 Å². The van der Waals surface area contributed by atoms with Crippen LogP contribution in [0.15, 0.2) is 48.5 Å².